The minimum absolute atomic E-state index is 0.0428. The van der Waals surface area contributed by atoms with Gasteiger partial charge in [0.2, 0.25) is 10.0 Å². The second-order valence-electron chi connectivity index (χ2n) is 3.97. The van der Waals surface area contributed by atoms with Gasteiger partial charge in [-0.25, -0.2) is 18.1 Å². The van der Waals surface area contributed by atoms with Crippen molar-refractivity contribution in [3.63, 3.8) is 0 Å². The first-order valence-electron chi connectivity index (χ1n) is 5.51. The number of hydrogen-bond acceptors (Lipinski definition) is 5. The van der Waals surface area contributed by atoms with Crippen LogP contribution >= 0.6 is 11.6 Å². The van der Waals surface area contributed by atoms with Crippen molar-refractivity contribution in [3.05, 3.63) is 40.9 Å². The van der Waals surface area contributed by atoms with Gasteiger partial charge in [-0.1, -0.05) is 11.6 Å². The summed E-state index contributed by atoms with van der Waals surface area (Å²) in [5, 5.41) is 15.1. The SMILES string of the molecule is CC(NS(=O)(=O)c1cc(C#N)ccc1Cl)c1ncn[nH]1. The molecule has 1 unspecified atom stereocenters. The van der Waals surface area contributed by atoms with E-state index in [2.05, 4.69) is 19.9 Å². The molecule has 2 rings (SSSR count). The Balaban J connectivity index is 2.34. The molecule has 9 heteroatoms. The Hall–Kier alpha value is -1.95. The number of aromatic amines is 1. The number of rotatable bonds is 4. The van der Waals surface area contributed by atoms with Gasteiger partial charge in [-0.3, -0.25) is 5.10 Å². The van der Waals surface area contributed by atoms with Crippen LogP contribution in [0, 0.1) is 11.3 Å². The number of H-pyrrole nitrogens is 1. The molecule has 1 aromatic carbocycles. The molecule has 0 spiro atoms. The van der Waals surface area contributed by atoms with Gasteiger partial charge in [-0.2, -0.15) is 10.4 Å². The summed E-state index contributed by atoms with van der Waals surface area (Å²) in [6, 6.07) is 5.30. The predicted octanol–water partition coefficient (Wildman–Crippen LogP) is 1.37. The maximum atomic E-state index is 12.3. The molecule has 0 saturated heterocycles. The summed E-state index contributed by atoms with van der Waals surface area (Å²) in [4.78, 5) is 3.72. The van der Waals surface area contributed by atoms with Gasteiger partial charge in [0.25, 0.3) is 0 Å². The van der Waals surface area contributed by atoms with Crippen LogP contribution in [0.25, 0.3) is 0 Å². The largest absolute Gasteiger partial charge is 0.262 e. The van der Waals surface area contributed by atoms with Gasteiger partial charge in [0.05, 0.1) is 22.7 Å². The highest BCUT2D eigenvalue weighted by Gasteiger charge is 2.22. The molecule has 0 radical (unpaired) electrons. The van der Waals surface area contributed by atoms with Crippen molar-refractivity contribution in [1.82, 2.24) is 19.9 Å². The van der Waals surface area contributed by atoms with E-state index in [0.717, 1.165) is 0 Å². The molecule has 0 aliphatic heterocycles. The van der Waals surface area contributed by atoms with Crippen molar-refractivity contribution in [3.8, 4) is 6.07 Å². The van der Waals surface area contributed by atoms with E-state index in [-0.39, 0.29) is 15.5 Å². The molecular weight excluding hydrogens is 302 g/mol. The highest BCUT2D eigenvalue weighted by molar-refractivity contribution is 7.89. The normalized spacial score (nSPS) is 12.8. The number of aromatic nitrogens is 3. The molecule has 0 saturated carbocycles. The van der Waals surface area contributed by atoms with Crippen LogP contribution in [0.2, 0.25) is 5.02 Å². The summed E-state index contributed by atoms with van der Waals surface area (Å²) < 4.78 is 26.9. The Morgan fingerprint density at radius 3 is 2.85 bits per heavy atom. The Kier molecular flexibility index (Phi) is 4.04. The molecule has 0 amide bonds. The zero-order valence-electron chi connectivity index (χ0n) is 10.3. The van der Waals surface area contributed by atoms with Crippen molar-refractivity contribution in [1.29, 1.82) is 5.26 Å². The fraction of sp³-hybridized carbons (Fsp3) is 0.182. The summed E-state index contributed by atoms with van der Waals surface area (Å²) in [6.07, 6.45) is 1.28. The van der Waals surface area contributed by atoms with Crippen LogP contribution in [0.4, 0.5) is 0 Å². The lowest BCUT2D eigenvalue weighted by molar-refractivity contribution is 0.560. The van der Waals surface area contributed by atoms with Crippen molar-refractivity contribution >= 4 is 21.6 Å². The van der Waals surface area contributed by atoms with Crippen LogP contribution in [0.3, 0.4) is 0 Å². The number of sulfonamides is 1. The summed E-state index contributed by atoms with van der Waals surface area (Å²) in [6.45, 7) is 1.61. The number of benzene rings is 1. The molecule has 1 aromatic heterocycles. The van der Waals surface area contributed by atoms with E-state index in [9.17, 15) is 8.42 Å². The first-order chi connectivity index (χ1) is 9.44. The number of nitrogens with zero attached hydrogens (tertiary/aromatic N) is 3. The summed E-state index contributed by atoms with van der Waals surface area (Å²) in [7, 11) is -3.87. The molecule has 0 fully saturated rings. The number of nitriles is 1. The lowest BCUT2D eigenvalue weighted by atomic mass is 10.2. The van der Waals surface area contributed by atoms with E-state index in [1.165, 1.54) is 24.5 Å². The average Bonchev–Trinajstić information content (AvgIpc) is 2.92. The van der Waals surface area contributed by atoms with Gasteiger partial charge in [0.15, 0.2) is 0 Å². The van der Waals surface area contributed by atoms with E-state index in [4.69, 9.17) is 16.9 Å². The van der Waals surface area contributed by atoms with Gasteiger partial charge in [-0.05, 0) is 25.1 Å². The molecule has 104 valence electrons. The van der Waals surface area contributed by atoms with Gasteiger partial charge < -0.3 is 0 Å². The molecule has 2 N–H and O–H groups in total. The number of halogens is 1. The standard InChI is InChI=1S/C11H10ClN5O2S/c1-7(11-14-6-15-16-11)17-20(18,19)10-4-8(5-13)2-3-9(10)12/h2-4,6-7,17H,1H3,(H,14,15,16). The minimum Gasteiger partial charge on any atom is -0.262 e. The average molecular weight is 312 g/mol. The van der Waals surface area contributed by atoms with Crippen LogP contribution in [0.5, 0.6) is 0 Å². The molecule has 0 aliphatic carbocycles. The van der Waals surface area contributed by atoms with Crippen molar-refractivity contribution < 1.29 is 8.42 Å². The van der Waals surface area contributed by atoms with Gasteiger partial charge >= 0.3 is 0 Å². The summed E-state index contributed by atoms with van der Waals surface area (Å²) >= 11 is 5.88. The molecular formula is C11H10ClN5O2S. The molecule has 7 nitrogen and oxygen atoms in total. The summed E-state index contributed by atoms with van der Waals surface area (Å²) in [5.74, 6) is 0.376. The van der Waals surface area contributed by atoms with Crippen LogP contribution in [-0.4, -0.2) is 23.6 Å². The zero-order valence-corrected chi connectivity index (χ0v) is 11.9. The Labute approximate surface area is 120 Å². The highest BCUT2D eigenvalue weighted by atomic mass is 35.5. The molecule has 0 bridgehead atoms. The molecule has 2 aromatic rings. The van der Waals surface area contributed by atoms with Crippen LogP contribution in [0.15, 0.2) is 29.4 Å². The smallest absolute Gasteiger partial charge is 0.242 e. The molecule has 20 heavy (non-hydrogen) atoms. The number of nitrogens with one attached hydrogen (secondary N) is 2. The zero-order chi connectivity index (χ0) is 14.8. The van der Waals surface area contributed by atoms with E-state index < -0.39 is 16.1 Å². The van der Waals surface area contributed by atoms with Crippen molar-refractivity contribution in [2.45, 2.75) is 17.9 Å². The lowest BCUT2D eigenvalue weighted by Gasteiger charge is -2.12. The van der Waals surface area contributed by atoms with Gasteiger partial charge in [-0.15, -0.1) is 0 Å². The van der Waals surface area contributed by atoms with Crippen molar-refractivity contribution in [2.75, 3.05) is 0 Å². The lowest BCUT2D eigenvalue weighted by Crippen LogP contribution is -2.28. The third kappa shape index (κ3) is 2.96. The topological polar surface area (TPSA) is 112 Å². The van der Waals surface area contributed by atoms with Gasteiger partial charge in [0, 0.05) is 0 Å². The quantitative estimate of drug-likeness (QED) is 0.885. The maximum absolute atomic E-state index is 12.3. The van der Waals surface area contributed by atoms with Crippen LogP contribution < -0.4 is 4.72 Å². The monoisotopic (exact) mass is 311 g/mol. The third-order valence-electron chi connectivity index (χ3n) is 2.53. The molecule has 0 aliphatic rings. The van der Waals surface area contributed by atoms with Crippen LogP contribution in [-0.2, 0) is 10.0 Å². The van der Waals surface area contributed by atoms with E-state index in [1.807, 2.05) is 6.07 Å². The highest BCUT2D eigenvalue weighted by Crippen LogP contribution is 2.23. The first-order valence-corrected chi connectivity index (χ1v) is 7.37. The predicted molar refractivity (Wildman–Crippen MR) is 71.3 cm³/mol. The first kappa shape index (κ1) is 14.5. The second kappa shape index (κ2) is 5.58. The third-order valence-corrected chi connectivity index (χ3v) is 4.55. The fourth-order valence-corrected chi connectivity index (χ4v) is 3.29. The number of hydrogen-bond donors (Lipinski definition) is 2. The van der Waals surface area contributed by atoms with E-state index >= 15 is 0 Å². The molecule has 1 heterocycles. The fourth-order valence-electron chi connectivity index (χ4n) is 1.55. The molecule has 1 atom stereocenters. The second-order valence-corrected chi connectivity index (χ2v) is 6.06. The summed E-state index contributed by atoms with van der Waals surface area (Å²) in [5.41, 5.74) is 0.210. The van der Waals surface area contributed by atoms with E-state index in [1.54, 1.807) is 6.92 Å². The van der Waals surface area contributed by atoms with Gasteiger partial charge in [0.1, 0.15) is 17.0 Å². The Morgan fingerprint density at radius 2 is 2.25 bits per heavy atom. The van der Waals surface area contributed by atoms with E-state index in [0.29, 0.717) is 5.82 Å². The van der Waals surface area contributed by atoms with Crippen LogP contribution in [0.1, 0.15) is 24.4 Å². The Morgan fingerprint density at radius 1 is 1.50 bits per heavy atom. The maximum Gasteiger partial charge on any atom is 0.242 e. The van der Waals surface area contributed by atoms with Crippen molar-refractivity contribution in [2.24, 2.45) is 0 Å². The Bertz CT molecular complexity index is 752. The minimum atomic E-state index is -3.87.